The van der Waals surface area contributed by atoms with Gasteiger partial charge < -0.3 is 0 Å². The van der Waals surface area contributed by atoms with Crippen LogP contribution in [0.3, 0.4) is 0 Å². The van der Waals surface area contributed by atoms with Crippen LogP contribution in [0.15, 0.2) is 59.5 Å². The number of nitriles is 1. The Bertz CT molecular complexity index is 1030. The highest BCUT2D eigenvalue weighted by molar-refractivity contribution is 7.93. The highest BCUT2D eigenvalue weighted by Crippen LogP contribution is 2.30. The molecule has 6 nitrogen and oxygen atoms in total. The third-order valence-electron chi connectivity index (χ3n) is 4.07. The van der Waals surface area contributed by atoms with E-state index in [-0.39, 0.29) is 28.4 Å². The van der Waals surface area contributed by atoms with Crippen molar-refractivity contribution in [3.63, 3.8) is 0 Å². The lowest BCUT2D eigenvalue weighted by molar-refractivity contribution is 0.580. The van der Waals surface area contributed by atoms with Crippen molar-refractivity contribution in [2.75, 3.05) is 15.8 Å². The van der Waals surface area contributed by atoms with Gasteiger partial charge in [0.05, 0.1) is 39.8 Å². The van der Waals surface area contributed by atoms with Crippen LogP contribution in [0.1, 0.15) is 12.0 Å². The van der Waals surface area contributed by atoms with Gasteiger partial charge in [0.15, 0.2) is 9.84 Å². The molecule has 1 aliphatic rings. The van der Waals surface area contributed by atoms with Crippen LogP contribution in [-0.2, 0) is 19.9 Å². The average Bonchev–Trinajstić information content (AvgIpc) is 2.95. The average molecular weight is 376 g/mol. The Morgan fingerprint density at radius 3 is 2.40 bits per heavy atom. The molecule has 0 N–H and O–H groups in total. The first-order valence-corrected chi connectivity index (χ1v) is 10.9. The van der Waals surface area contributed by atoms with E-state index in [4.69, 9.17) is 5.26 Å². The summed E-state index contributed by atoms with van der Waals surface area (Å²) in [4.78, 5) is -0.0281. The van der Waals surface area contributed by atoms with Gasteiger partial charge in [0.1, 0.15) is 0 Å². The van der Waals surface area contributed by atoms with Crippen molar-refractivity contribution in [2.24, 2.45) is 0 Å². The van der Waals surface area contributed by atoms with Gasteiger partial charge in [-0.25, -0.2) is 16.8 Å². The lowest BCUT2D eigenvalue weighted by Gasteiger charge is -2.29. The van der Waals surface area contributed by atoms with E-state index >= 15 is 0 Å². The molecular formula is C17H16N2O4S2. The van der Waals surface area contributed by atoms with Crippen molar-refractivity contribution in [3.05, 3.63) is 60.2 Å². The van der Waals surface area contributed by atoms with Crippen molar-refractivity contribution in [3.8, 4) is 6.07 Å². The number of sulfone groups is 1. The summed E-state index contributed by atoms with van der Waals surface area (Å²) in [5, 5.41) is 9.03. The fraction of sp³-hybridized carbons (Fsp3) is 0.235. The number of para-hydroxylation sites is 1. The fourth-order valence-electron chi connectivity index (χ4n) is 2.92. The van der Waals surface area contributed by atoms with Gasteiger partial charge in [-0.05, 0) is 36.8 Å². The SMILES string of the molecule is N#Cc1cccc(S(=O)(=O)N(c2ccccc2)[C@@H]2CCS(=O)(=O)C2)c1. The van der Waals surface area contributed by atoms with Crippen LogP contribution >= 0.6 is 0 Å². The van der Waals surface area contributed by atoms with Crippen molar-refractivity contribution in [2.45, 2.75) is 17.4 Å². The van der Waals surface area contributed by atoms with Crippen LogP contribution < -0.4 is 4.31 Å². The van der Waals surface area contributed by atoms with Crippen LogP contribution in [0.5, 0.6) is 0 Å². The van der Waals surface area contributed by atoms with Crippen molar-refractivity contribution in [1.29, 1.82) is 5.26 Å². The van der Waals surface area contributed by atoms with Crippen LogP contribution in [0.2, 0.25) is 0 Å². The summed E-state index contributed by atoms with van der Waals surface area (Å²) >= 11 is 0. The second-order valence-corrected chi connectivity index (χ2v) is 9.88. The zero-order chi connectivity index (χ0) is 18.1. The van der Waals surface area contributed by atoms with E-state index in [2.05, 4.69) is 0 Å². The Labute approximate surface area is 147 Å². The van der Waals surface area contributed by atoms with Crippen molar-refractivity contribution < 1.29 is 16.8 Å². The lowest BCUT2D eigenvalue weighted by atomic mass is 10.2. The van der Waals surface area contributed by atoms with E-state index in [9.17, 15) is 16.8 Å². The maximum Gasteiger partial charge on any atom is 0.264 e. The van der Waals surface area contributed by atoms with Gasteiger partial charge in [-0.2, -0.15) is 5.26 Å². The number of nitrogens with zero attached hydrogens (tertiary/aromatic N) is 2. The van der Waals surface area contributed by atoms with Crippen LogP contribution in [0, 0.1) is 11.3 Å². The summed E-state index contributed by atoms with van der Waals surface area (Å²) in [5.41, 5.74) is 0.639. The maximum atomic E-state index is 13.2. The first-order valence-electron chi connectivity index (χ1n) is 7.63. The molecule has 0 spiro atoms. The molecule has 0 bridgehead atoms. The number of rotatable bonds is 4. The molecule has 3 rings (SSSR count). The van der Waals surface area contributed by atoms with Gasteiger partial charge in [-0.1, -0.05) is 24.3 Å². The maximum absolute atomic E-state index is 13.2. The number of sulfonamides is 1. The van der Waals surface area contributed by atoms with Gasteiger partial charge in [0.2, 0.25) is 0 Å². The summed E-state index contributed by atoms with van der Waals surface area (Å²) in [6.07, 6.45) is 0.244. The standard InChI is InChI=1S/C17H16N2O4S2/c18-12-14-5-4-8-17(11-14)25(22,23)19(15-6-2-1-3-7-15)16-9-10-24(20,21)13-16/h1-8,11,16H,9-10,13H2/t16-/m1/s1. The van der Waals surface area contributed by atoms with E-state index in [1.165, 1.54) is 28.6 Å². The molecule has 1 aliphatic heterocycles. The largest absolute Gasteiger partial charge is 0.264 e. The molecule has 0 radical (unpaired) electrons. The number of hydrogen-bond acceptors (Lipinski definition) is 5. The normalized spacial score (nSPS) is 19.2. The van der Waals surface area contributed by atoms with E-state index < -0.39 is 25.9 Å². The zero-order valence-electron chi connectivity index (χ0n) is 13.2. The second kappa shape index (κ2) is 6.50. The Morgan fingerprint density at radius 2 is 1.80 bits per heavy atom. The van der Waals surface area contributed by atoms with Crippen LogP contribution in [-0.4, -0.2) is 34.4 Å². The van der Waals surface area contributed by atoms with Gasteiger partial charge >= 0.3 is 0 Å². The molecule has 1 fully saturated rings. The smallest absolute Gasteiger partial charge is 0.262 e. The second-order valence-electron chi connectivity index (χ2n) is 5.83. The van der Waals surface area contributed by atoms with Crippen LogP contribution in [0.4, 0.5) is 5.69 Å². The third-order valence-corrected chi connectivity index (χ3v) is 7.70. The predicted molar refractivity (Wildman–Crippen MR) is 94.3 cm³/mol. The first kappa shape index (κ1) is 17.5. The number of anilines is 1. The minimum absolute atomic E-state index is 0.0281. The quantitative estimate of drug-likeness (QED) is 0.813. The predicted octanol–water partition coefficient (Wildman–Crippen LogP) is 1.94. The van der Waals surface area contributed by atoms with E-state index in [1.54, 1.807) is 30.3 Å². The lowest BCUT2D eigenvalue weighted by Crippen LogP contribution is -2.41. The van der Waals surface area contributed by atoms with Gasteiger partial charge in [-0.15, -0.1) is 0 Å². The fourth-order valence-corrected chi connectivity index (χ4v) is 6.44. The van der Waals surface area contributed by atoms with E-state index in [1.807, 2.05) is 6.07 Å². The minimum atomic E-state index is -4.00. The summed E-state index contributed by atoms with van der Waals surface area (Å²) < 4.78 is 51.4. The molecule has 0 saturated carbocycles. The van der Waals surface area contributed by atoms with Gasteiger partial charge in [0.25, 0.3) is 10.0 Å². The van der Waals surface area contributed by atoms with E-state index in [0.717, 1.165) is 0 Å². The van der Waals surface area contributed by atoms with Gasteiger partial charge in [-0.3, -0.25) is 4.31 Å². The molecule has 25 heavy (non-hydrogen) atoms. The molecule has 0 aliphatic carbocycles. The molecule has 1 saturated heterocycles. The molecule has 1 heterocycles. The van der Waals surface area contributed by atoms with Crippen molar-refractivity contribution >= 4 is 25.5 Å². The molecule has 130 valence electrons. The molecule has 0 aromatic heterocycles. The van der Waals surface area contributed by atoms with Gasteiger partial charge in [0, 0.05) is 0 Å². The Morgan fingerprint density at radius 1 is 1.08 bits per heavy atom. The van der Waals surface area contributed by atoms with Crippen LogP contribution in [0.25, 0.3) is 0 Å². The molecule has 2 aromatic carbocycles. The highest BCUT2D eigenvalue weighted by atomic mass is 32.2. The van der Waals surface area contributed by atoms with Crippen molar-refractivity contribution in [1.82, 2.24) is 0 Å². The third kappa shape index (κ3) is 3.52. The molecule has 1 atom stereocenters. The monoisotopic (exact) mass is 376 g/mol. The summed E-state index contributed by atoms with van der Waals surface area (Å²) in [6.45, 7) is 0. The topological polar surface area (TPSA) is 95.3 Å². The molecule has 0 unspecified atom stereocenters. The molecule has 0 amide bonds. The molecule has 2 aromatic rings. The Balaban J connectivity index is 2.12. The first-order chi connectivity index (χ1) is 11.8. The molecule has 8 heteroatoms. The summed E-state index contributed by atoms with van der Waals surface area (Å²) in [5.74, 6) is -0.242. The summed E-state index contributed by atoms with van der Waals surface area (Å²) in [6, 6.07) is 15.4. The Hall–Kier alpha value is -2.37. The number of benzene rings is 2. The van der Waals surface area contributed by atoms with E-state index in [0.29, 0.717) is 5.69 Å². The number of hydrogen-bond donors (Lipinski definition) is 0. The Kier molecular flexibility index (Phi) is 4.54. The summed E-state index contributed by atoms with van der Waals surface area (Å²) in [7, 11) is -7.26. The zero-order valence-corrected chi connectivity index (χ0v) is 14.9. The minimum Gasteiger partial charge on any atom is -0.262 e. The molecular weight excluding hydrogens is 360 g/mol. The highest BCUT2D eigenvalue weighted by Gasteiger charge is 2.39.